The summed E-state index contributed by atoms with van der Waals surface area (Å²) < 4.78 is 12.2. The molecule has 19 heavy (non-hydrogen) atoms. The average Bonchev–Trinajstić information content (AvgIpc) is 2.84. The maximum Gasteiger partial charge on any atom is 0.137 e. The van der Waals surface area contributed by atoms with Gasteiger partial charge in [-0.2, -0.15) is 0 Å². The zero-order valence-corrected chi connectivity index (χ0v) is 12.7. The Hall–Kier alpha value is -1.04. The molecule has 0 fully saturated rings. The molecule has 1 aromatic carbocycles. The number of fused-ring (bicyclic) bond motifs is 1. The molecule has 1 N–H and O–H groups in total. The van der Waals surface area contributed by atoms with Gasteiger partial charge in [-0.1, -0.05) is 0 Å². The second-order valence-corrected chi connectivity index (χ2v) is 6.20. The van der Waals surface area contributed by atoms with Crippen LogP contribution in [0.15, 0.2) is 34.1 Å². The molecule has 3 rings (SSSR count). The first kappa shape index (κ1) is 13.0. The second-order valence-electron chi connectivity index (χ2n) is 4.39. The Labute approximate surface area is 123 Å². The summed E-state index contributed by atoms with van der Waals surface area (Å²) in [4.78, 5) is 1.10. The Balaban J connectivity index is 1.96. The summed E-state index contributed by atoms with van der Waals surface area (Å²) in [5.41, 5.74) is 0.824. The molecule has 0 aliphatic carbocycles. The van der Waals surface area contributed by atoms with Crippen molar-refractivity contribution in [3.8, 4) is 11.5 Å². The normalized spacial score (nSPS) is 21.6. The van der Waals surface area contributed by atoms with E-state index in [4.69, 9.17) is 9.47 Å². The van der Waals surface area contributed by atoms with Gasteiger partial charge in [0.2, 0.25) is 0 Å². The van der Waals surface area contributed by atoms with Gasteiger partial charge in [0.15, 0.2) is 0 Å². The quantitative estimate of drug-likeness (QED) is 0.895. The van der Waals surface area contributed by atoms with E-state index in [9.17, 15) is 5.11 Å². The van der Waals surface area contributed by atoms with Crippen molar-refractivity contribution >= 4 is 27.3 Å². The van der Waals surface area contributed by atoms with Gasteiger partial charge >= 0.3 is 0 Å². The molecule has 0 radical (unpaired) electrons. The minimum absolute atomic E-state index is 0.121. The predicted octanol–water partition coefficient (Wildman–Crippen LogP) is 4.08. The molecule has 5 heteroatoms. The number of aliphatic hydroxyl groups excluding tert-OH is 1. The van der Waals surface area contributed by atoms with Crippen LogP contribution < -0.4 is 9.47 Å². The minimum atomic E-state index is -0.506. The van der Waals surface area contributed by atoms with Gasteiger partial charge in [-0.15, -0.1) is 11.3 Å². The number of hydrogen-bond acceptors (Lipinski definition) is 4. The molecule has 2 aromatic rings. The first-order chi connectivity index (χ1) is 9.19. The van der Waals surface area contributed by atoms with Crippen molar-refractivity contribution < 1.29 is 14.6 Å². The van der Waals surface area contributed by atoms with Crippen LogP contribution in [0.1, 0.15) is 29.1 Å². The summed E-state index contributed by atoms with van der Waals surface area (Å²) in [6.45, 7) is 0. The van der Waals surface area contributed by atoms with Gasteiger partial charge in [0.05, 0.1) is 18.1 Å². The van der Waals surface area contributed by atoms with Crippen LogP contribution in [0.2, 0.25) is 0 Å². The summed E-state index contributed by atoms with van der Waals surface area (Å²) in [6.07, 6.45) is -0.0593. The third kappa shape index (κ3) is 2.38. The largest absolute Gasteiger partial charge is 0.497 e. The van der Waals surface area contributed by atoms with E-state index in [1.54, 1.807) is 18.4 Å². The van der Waals surface area contributed by atoms with Gasteiger partial charge in [0, 0.05) is 22.5 Å². The lowest BCUT2D eigenvalue weighted by Crippen LogP contribution is -2.18. The molecular weight excluding hydrogens is 328 g/mol. The highest BCUT2D eigenvalue weighted by Crippen LogP contribution is 2.45. The second kappa shape index (κ2) is 5.15. The molecule has 0 saturated carbocycles. The number of methoxy groups -OCH3 is 1. The summed E-state index contributed by atoms with van der Waals surface area (Å²) >= 11 is 5.14. The van der Waals surface area contributed by atoms with E-state index in [2.05, 4.69) is 15.9 Å². The van der Waals surface area contributed by atoms with Crippen LogP contribution in [0.25, 0.3) is 0 Å². The molecule has 0 amide bonds. The monoisotopic (exact) mass is 340 g/mol. The van der Waals surface area contributed by atoms with E-state index in [1.807, 2.05) is 29.6 Å². The fourth-order valence-electron chi connectivity index (χ4n) is 2.25. The van der Waals surface area contributed by atoms with Crippen LogP contribution in [-0.4, -0.2) is 12.2 Å². The summed E-state index contributed by atoms with van der Waals surface area (Å²) in [5.74, 6) is 1.43. The molecule has 3 nitrogen and oxygen atoms in total. The van der Waals surface area contributed by atoms with E-state index in [0.717, 1.165) is 20.7 Å². The maximum atomic E-state index is 10.3. The lowest BCUT2D eigenvalue weighted by atomic mass is 9.98. The minimum Gasteiger partial charge on any atom is -0.497 e. The number of benzene rings is 1. The summed E-state index contributed by atoms with van der Waals surface area (Å²) in [5, 5.41) is 12.3. The van der Waals surface area contributed by atoms with E-state index in [1.165, 1.54) is 0 Å². The highest BCUT2D eigenvalue weighted by atomic mass is 79.9. The molecule has 1 unspecified atom stereocenters. The third-order valence-electron chi connectivity index (χ3n) is 3.22. The molecule has 0 spiro atoms. The molecule has 2 atom stereocenters. The van der Waals surface area contributed by atoms with E-state index in [0.29, 0.717) is 12.2 Å². The standard InChI is InChI=1S/C14H13BrO3S/c1-17-8-2-3-9-11(16)7-13(18-12(9)6-8)14-10(15)4-5-19-14/h2-6,11,13,16H,7H2,1H3/t11-,13?/m1/s1. The van der Waals surface area contributed by atoms with Gasteiger partial charge in [-0.05, 0) is 39.5 Å². The average molecular weight is 341 g/mol. The predicted molar refractivity (Wildman–Crippen MR) is 78.0 cm³/mol. The van der Waals surface area contributed by atoms with Crippen LogP contribution in [0, 0.1) is 0 Å². The Morgan fingerprint density at radius 3 is 2.95 bits per heavy atom. The zero-order valence-electron chi connectivity index (χ0n) is 10.3. The van der Waals surface area contributed by atoms with Crippen molar-refractivity contribution in [2.45, 2.75) is 18.6 Å². The maximum absolute atomic E-state index is 10.3. The summed E-state index contributed by atoms with van der Waals surface area (Å²) in [7, 11) is 1.62. The van der Waals surface area contributed by atoms with Crippen molar-refractivity contribution in [2.75, 3.05) is 7.11 Å². The van der Waals surface area contributed by atoms with Crippen LogP contribution in [0.5, 0.6) is 11.5 Å². The Kier molecular flexibility index (Phi) is 3.52. The Bertz CT molecular complexity index is 596. The lowest BCUT2D eigenvalue weighted by Gasteiger charge is -2.29. The van der Waals surface area contributed by atoms with Crippen molar-refractivity contribution in [3.05, 3.63) is 44.6 Å². The fraction of sp³-hybridized carbons (Fsp3) is 0.286. The number of aliphatic hydroxyl groups is 1. The number of rotatable bonds is 2. The number of ether oxygens (including phenoxy) is 2. The molecule has 0 bridgehead atoms. The molecule has 1 aliphatic heterocycles. The molecular formula is C14H13BrO3S. The number of halogens is 1. The van der Waals surface area contributed by atoms with Crippen molar-refractivity contribution in [1.29, 1.82) is 0 Å². The van der Waals surface area contributed by atoms with Gasteiger partial charge in [0.1, 0.15) is 17.6 Å². The van der Waals surface area contributed by atoms with Crippen LogP contribution >= 0.6 is 27.3 Å². The first-order valence-corrected chi connectivity index (χ1v) is 7.62. The molecule has 2 heterocycles. The highest BCUT2D eigenvalue weighted by molar-refractivity contribution is 9.10. The van der Waals surface area contributed by atoms with Crippen molar-refractivity contribution in [3.63, 3.8) is 0 Å². The van der Waals surface area contributed by atoms with Crippen LogP contribution in [0.4, 0.5) is 0 Å². The lowest BCUT2D eigenvalue weighted by molar-refractivity contribution is 0.0669. The Morgan fingerprint density at radius 2 is 2.26 bits per heavy atom. The number of thiophene rings is 1. The van der Waals surface area contributed by atoms with E-state index >= 15 is 0 Å². The first-order valence-electron chi connectivity index (χ1n) is 5.94. The number of hydrogen-bond donors (Lipinski definition) is 1. The van der Waals surface area contributed by atoms with E-state index in [-0.39, 0.29) is 6.10 Å². The van der Waals surface area contributed by atoms with Gasteiger partial charge < -0.3 is 14.6 Å². The molecule has 1 aromatic heterocycles. The fourth-order valence-corrected chi connectivity index (χ4v) is 3.92. The van der Waals surface area contributed by atoms with Crippen molar-refractivity contribution in [1.82, 2.24) is 0 Å². The smallest absolute Gasteiger partial charge is 0.137 e. The highest BCUT2D eigenvalue weighted by Gasteiger charge is 2.30. The Morgan fingerprint density at radius 1 is 1.42 bits per heavy atom. The third-order valence-corrected chi connectivity index (χ3v) is 5.19. The molecule has 1 aliphatic rings. The van der Waals surface area contributed by atoms with Crippen LogP contribution in [0.3, 0.4) is 0 Å². The topological polar surface area (TPSA) is 38.7 Å². The van der Waals surface area contributed by atoms with Gasteiger partial charge in [0.25, 0.3) is 0 Å². The van der Waals surface area contributed by atoms with Gasteiger partial charge in [-0.25, -0.2) is 0 Å². The van der Waals surface area contributed by atoms with Crippen molar-refractivity contribution in [2.24, 2.45) is 0 Å². The zero-order chi connectivity index (χ0) is 13.4. The van der Waals surface area contributed by atoms with Crippen LogP contribution in [-0.2, 0) is 0 Å². The SMILES string of the molecule is COc1ccc2c(c1)OC(c1sccc1Br)C[C@H]2O. The van der Waals surface area contributed by atoms with Gasteiger partial charge in [-0.3, -0.25) is 0 Å². The molecule has 100 valence electrons. The molecule has 0 saturated heterocycles. The van der Waals surface area contributed by atoms with E-state index < -0.39 is 6.10 Å². The summed E-state index contributed by atoms with van der Waals surface area (Å²) in [6, 6.07) is 7.52.